The van der Waals surface area contributed by atoms with Gasteiger partial charge in [-0.15, -0.1) is 0 Å². The van der Waals surface area contributed by atoms with E-state index in [9.17, 15) is 0 Å². The van der Waals surface area contributed by atoms with Gasteiger partial charge in [0.1, 0.15) is 0 Å². The molecule has 1 saturated carbocycles. The van der Waals surface area contributed by atoms with Crippen molar-refractivity contribution in [1.29, 1.82) is 0 Å². The van der Waals surface area contributed by atoms with Crippen molar-refractivity contribution in [3.8, 4) is 0 Å². The molecule has 0 unspecified atom stereocenters. The zero-order chi connectivity index (χ0) is 14.2. The van der Waals surface area contributed by atoms with Gasteiger partial charge < -0.3 is 0 Å². The minimum absolute atomic E-state index is 0.816. The predicted molar refractivity (Wildman–Crippen MR) is 90.0 cm³/mol. The SMILES string of the molecule is CCCC=Cc1ccc(C2CCC(CCC)CC2)cc1. The van der Waals surface area contributed by atoms with Crippen molar-refractivity contribution in [3.05, 3.63) is 41.5 Å². The van der Waals surface area contributed by atoms with Crippen molar-refractivity contribution in [2.24, 2.45) is 5.92 Å². The molecule has 2 rings (SSSR count). The van der Waals surface area contributed by atoms with Crippen LogP contribution in [-0.4, -0.2) is 0 Å². The van der Waals surface area contributed by atoms with Gasteiger partial charge in [-0.05, 0) is 55.1 Å². The fourth-order valence-corrected chi connectivity index (χ4v) is 3.46. The first kappa shape index (κ1) is 15.4. The molecule has 0 heteroatoms. The molecule has 0 amide bonds. The molecule has 0 aromatic heterocycles. The molecule has 0 atom stereocenters. The third kappa shape index (κ3) is 4.51. The van der Waals surface area contributed by atoms with Crippen molar-refractivity contribution in [1.82, 2.24) is 0 Å². The maximum absolute atomic E-state index is 2.36. The van der Waals surface area contributed by atoms with Gasteiger partial charge in [0.25, 0.3) is 0 Å². The summed E-state index contributed by atoms with van der Waals surface area (Å²) in [5.41, 5.74) is 2.91. The second kappa shape index (κ2) is 8.29. The summed E-state index contributed by atoms with van der Waals surface area (Å²) in [6.07, 6.45) is 15.4. The summed E-state index contributed by atoms with van der Waals surface area (Å²) in [6, 6.07) is 9.30. The van der Waals surface area contributed by atoms with E-state index in [-0.39, 0.29) is 0 Å². The number of benzene rings is 1. The second-order valence-electron chi connectivity index (χ2n) is 6.36. The second-order valence-corrected chi connectivity index (χ2v) is 6.36. The zero-order valence-corrected chi connectivity index (χ0v) is 13.3. The van der Waals surface area contributed by atoms with Gasteiger partial charge in [-0.2, -0.15) is 0 Å². The molecule has 0 spiro atoms. The number of hydrogen-bond donors (Lipinski definition) is 0. The molecule has 20 heavy (non-hydrogen) atoms. The highest BCUT2D eigenvalue weighted by molar-refractivity contribution is 5.49. The summed E-state index contributed by atoms with van der Waals surface area (Å²) in [5.74, 6) is 1.82. The Morgan fingerprint density at radius 2 is 1.65 bits per heavy atom. The van der Waals surface area contributed by atoms with E-state index < -0.39 is 0 Å². The highest BCUT2D eigenvalue weighted by Gasteiger charge is 2.21. The van der Waals surface area contributed by atoms with Gasteiger partial charge in [0.05, 0.1) is 0 Å². The molecule has 1 aliphatic carbocycles. The average molecular weight is 270 g/mol. The molecule has 1 aromatic carbocycles. The Labute approximate surface area is 125 Å². The fourth-order valence-electron chi connectivity index (χ4n) is 3.46. The van der Waals surface area contributed by atoms with Crippen LogP contribution in [0.2, 0.25) is 0 Å². The molecule has 0 saturated heterocycles. The summed E-state index contributed by atoms with van der Waals surface area (Å²) in [4.78, 5) is 0. The molecule has 1 fully saturated rings. The lowest BCUT2D eigenvalue weighted by atomic mass is 9.77. The highest BCUT2D eigenvalue weighted by atomic mass is 14.3. The normalized spacial score (nSPS) is 23.3. The van der Waals surface area contributed by atoms with E-state index in [4.69, 9.17) is 0 Å². The maximum atomic E-state index is 2.36. The molecule has 0 heterocycles. The van der Waals surface area contributed by atoms with Crippen molar-refractivity contribution >= 4 is 6.08 Å². The number of rotatable bonds is 6. The third-order valence-corrected chi connectivity index (χ3v) is 4.72. The van der Waals surface area contributed by atoms with E-state index in [1.807, 2.05) is 0 Å². The quantitative estimate of drug-likeness (QED) is 0.548. The Morgan fingerprint density at radius 1 is 0.950 bits per heavy atom. The lowest BCUT2D eigenvalue weighted by molar-refractivity contribution is 0.308. The van der Waals surface area contributed by atoms with Gasteiger partial charge in [0, 0.05) is 0 Å². The van der Waals surface area contributed by atoms with Gasteiger partial charge in [-0.1, -0.05) is 69.5 Å². The molecule has 0 N–H and O–H groups in total. The van der Waals surface area contributed by atoms with Crippen LogP contribution in [0, 0.1) is 5.92 Å². The van der Waals surface area contributed by atoms with E-state index in [0.29, 0.717) is 0 Å². The molecular weight excluding hydrogens is 240 g/mol. The summed E-state index contributed by atoms with van der Waals surface area (Å²) in [6.45, 7) is 4.54. The first-order chi connectivity index (χ1) is 9.83. The molecule has 0 radical (unpaired) electrons. The van der Waals surface area contributed by atoms with Crippen LogP contribution in [0.4, 0.5) is 0 Å². The molecule has 0 bridgehead atoms. The highest BCUT2D eigenvalue weighted by Crippen LogP contribution is 2.37. The standard InChI is InChI=1S/C20H30/c1-3-5-6-8-18-11-15-20(16-12-18)19-13-9-17(7-4-2)10-14-19/h6,8,11-12,15-17,19H,3-5,7,9-10,13-14H2,1-2H3. The third-order valence-electron chi connectivity index (χ3n) is 4.72. The first-order valence-electron chi connectivity index (χ1n) is 8.60. The summed E-state index contributed by atoms with van der Waals surface area (Å²) in [5, 5.41) is 0. The van der Waals surface area contributed by atoms with Crippen LogP contribution in [-0.2, 0) is 0 Å². The zero-order valence-electron chi connectivity index (χ0n) is 13.3. The predicted octanol–water partition coefficient (Wildman–Crippen LogP) is 6.57. The van der Waals surface area contributed by atoms with Crippen molar-refractivity contribution in [2.45, 2.75) is 71.1 Å². The van der Waals surface area contributed by atoms with Crippen LogP contribution < -0.4 is 0 Å². The Morgan fingerprint density at radius 3 is 2.25 bits per heavy atom. The molecular formula is C20H30. The topological polar surface area (TPSA) is 0 Å². The molecule has 1 aromatic rings. The number of unbranched alkanes of at least 4 members (excludes halogenated alkanes) is 1. The summed E-state index contributed by atoms with van der Waals surface area (Å²) < 4.78 is 0. The fraction of sp³-hybridized carbons (Fsp3) is 0.600. The van der Waals surface area contributed by atoms with Gasteiger partial charge in [0.15, 0.2) is 0 Å². The number of hydrogen-bond acceptors (Lipinski definition) is 0. The van der Waals surface area contributed by atoms with Gasteiger partial charge in [-0.3, -0.25) is 0 Å². The lowest BCUT2D eigenvalue weighted by Gasteiger charge is -2.28. The molecule has 110 valence electrons. The summed E-state index contributed by atoms with van der Waals surface area (Å²) >= 11 is 0. The van der Waals surface area contributed by atoms with Crippen LogP contribution in [0.1, 0.15) is 82.3 Å². The largest absolute Gasteiger partial charge is 0.0840 e. The van der Waals surface area contributed by atoms with E-state index in [2.05, 4.69) is 50.3 Å². The van der Waals surface area contributed by atoms with Gasteiger partial charge >= 0.3 is 0 Å². The minimum atomic E-state index is 0.816. The smallest absolute Gasteiger partial charge is 0.0162 e. The van der Waals surface area contributed by atoms with Crippen LogP contribution in [0.3, 0.4) is 0 Å². The lowest BCUT2D eigenvalue weighted by Crippen LogP contribution is -2.13. The van der Waals surface area contributed by atoms with Crippen LogP contribution >= 0.6 is 0 Å². The van der Waals surface area contributed by atoms with E-state index >= 15 is 0 Å². The van der Waals surface area contributed by atoms with Gasteiger partial charge in [-0.25, -0.2) is 0 Å². The number of allylic oxidation sites excluding steroid dienone is 1. The summed E-state index contributed by atoms with van der Waals surface area (Å²) in [7, 11) is 0. The Kier molecular flexibility index (Phi) is 6.36. The maximum Gasteiger partial charge on any atom is -0.0162 e. The molecule has 0 nitrogen and oxygen atoms in total. The van der Waals surface area contributed by atoms with E-state index in [0.717, 1.165) is 11.8 Å². The Bertz CT molecular complexity index is 391. The molecule has 1 aliphatic rings. The van der Waals surface area contributed by atoms with Gasteiger partial charge in [0.2, 0.25) is 0 Å². The van der Waals surface area contributed by atoms with Crippen molar-refractivity contribution < 1.29 is 0 Å². The van der Waals surface area contributed by atoms with Crippen molar-refractivity contribution in [2.75, 3.05) is 0 Å². The average Bonchev–Trinajstić information content (AvgIpc) is 2.49. The van der Waals surface area contributed by atoms with Crippen LogP contribution in [0.5, 0.6) is 0 Å². The first-order valence-corrected chi connectivity index (χ1v) is 8.60. The molecule has 0 aliphatic heterocycles. The monoisotopic (exact) mass is 270 g/mol. The van der Waals surface area contributed by atoms with E-state index in [1.54, 1.807) is 5.56 Å². The van der Waals surface area contributed by atoms with Crippen molar-refractivity contribution in [3.63, 3.8) is 0 Å². The Balaban J connectivity index is 1.87. The Hall–Kier alpha value is -1.04. The van der Waals surface area contributed by atoms with Crippen LogP contribution in [0.15, 0.2) is 30.3 Å². The van der Waals surface area contributed by atoms with Crippen LogP contribution in [0.25, 0.3) is 6.08 Å². The van der Waals surface area contributed by atoms with E-state index in [1.165, 1.54) is 56.9 Å². The minimum Gasteiger partial charge on any atom is -0.0840 e.